The minimum atomic E-state index is -0.570. The second kappa shape index (κ2) is 5.26. The van der Waals surface area contributed by atoms with E-state index in [0.717, 1.165) is 0 Å². The summed E-state index contributed by atoms with van der Waals surface area (Å²) in [6, 6.07) is -0.221. The molecule has 3 rings (SSSR count). The van der Waals surface area contributed by atoms with Crippen molar-refractivity contribution in [1.82, 2.24) is 24.5 Å². The van der Waals surface area contributed by atoms with Gasteiger partial charge in [-0.2, -0.15) is 0 Å². The van der Waals surface area contributed by atoms with Crippen molar-refractivity contribution >= 4 is 0 Å². The number of nitrogens with one attached hydrogen (secondary N) is 1. The number of aromatic nitrogens is 5. The summed E-state index contributed by atoms with van der Waals surface area (Å²) in [5.41, 5.74) is -0.532. The second-order valence-corrected chi connectivity index (χ2v) is 4.98. The minimum Gasteiger partial charge on any atom is -0.394 e. The van der Waals surface area contributed by atoms with Crippen LogP contribution in [-0.2, 0) is 4.74 Å². The smallest absolute Gasteiger partial charge is 0.330 e. The molecule has 1 fully saturated rings. The molecule has 0 unspecified atom stereocenters. The summed E-state index contributed by atoms with van der Waals surface area (Å²) in [5.74, 6) is 0. The lowest BCUT2D eigenvalue weighted by atomic mass is 10.1. The fourth-order valence-electron chi connectivity index (χ4n) is 2.52. The Morgan fingerprint density at radius 2 is 2.33 bits per heavy atom. The number of rotatable bonds is 3. The molecular formula is C12H15N5O4. The third-order valence-electron chi connectivity index (χ3n) is 3.62. The summed E-state index contributed by atoms with van der Waals surface area (Å²) >= 11 is 0. The maximum atomic E-state index is 11.9. The summed E-state index contributed by atoms with van der Waals surface area (Å²) in [6.07, 6.45) is 4.07. The van der Waals surface area contributed by atoms with E-state index >= 15 is 0 Å². The highest BCUT2D eigenvalue weighted by Gasteiger charge is 2.38. The number of aliphatic hydroxyl groups is 1. The lowest BCUT2D eigenvalue weighted by Gasteiger charge is -2.15. The number of aliphatic hydroxyl groups excluding tert-OH is 1. The van der Waals surface area contributed by atoms with Crippen LogP contribution in [0.1, 0.15) is 24.3 Å². The van der Waals surface area contributed by atoms with Gasteiger partial charge in [0.2, 0.25) is 0 Å². The molecule has 0 aliphatic carbocycles. The van der Waals surface area contributed by atoms with E-state index in [4.69, 9.17) is 4.74 Å². The van der Waals surface area contributed by atoms with E-state index in [1.807, 2.05) is 0 Å². The van der Waals surface area contributed by atoms with Gasteiger partial charge in [0.1, 0.15) is 12.3 Å². The lowest BCUT2D eigenvalue weighted by molar-refractivity contribution is -0.0323. The van der Waals surface area contributed by atoms with Crippen LogP contribution in [0.15, 0.2) is 28.2 Å². The SMILES string of the molecule is Cc1cn([C@H]2C[C@@H](n3ccnn3)[C@@H](CO)O2)c(=O)[nH]c1=O. The quantitative estimate of drug-likeness (QED) is 0.746. The number of hydrogen-bond acceptors (Lipinski definition) is 6. The van der Waals surface area contributed by atoms with E-state index in [2.05, 4.69) is 15.3 Å². The zero-order valence-corrected chi connectivity index (χ0v) is 11.3. The van der Waals surface area contributed by atoms with Crippen molar-refractivity contribution in [3.05, 3.63) is 45.0 Å². The van der Waals surface area contributed by atoms with Gasteiger partial charge in [-0.05, 0) is 6.92 Å². The number of H-pyrrole nitrogens is 1. The predicted octanol–water partition coefficient (Wildman–Crippen LogP) is -1.04. The fourth-order valence-corrected chi connectivity index (χ4v) is 2.52. The largest absolute Gasteiger partial charge is 0.394 e. The molecule has 112 valence electrons. The molecule has 3 heterocycles. The van der Waals surface area contributed by atoms with E-state index in [9.17, 15) is 14.7 Å². The molecule has 0 spiro atoms. The Kier molecular flexibility index (Phi) is 3.43. The summed E-state index contributed by atoms with van der Waals surface area (Å²) in [4.78, 5) is 25.5. The highest BCUT2D eigenvalue weighted by molar-refractivity contribution is 5.02. The Morgan fingerprint density at radius 1 is 1.52 bits per heavy atom. The van der Waals surface area contributed by atoms with Crippen LogP contribution < -0.4 is 11.2 Å². The Labute approximate surface area is 118 Å². The molecular weight excluding hydrogens is 278 g/mol. The minimum absolute atomic E-state index is 0.196. The summed E-state index contributed by atoms with van der Waals surface area (Å²) in [6.45, 7) is 1.42. The molecule has 2 aromatic rings. The Morgan fingerprint density at radius 3 is 3.00 bits per heavy atom. The molecule has 1 aliphatic rings. The average molecular weight is 293 g/mol. The van der Waals surface area contributed by atoms with Gasteiger partial charge in [-0.3, -0.25) is 14.3 Å². The van der Waals surface area contributed by atoms with Crippen molar-refractivity contribution in [2.24, 2.45) is 0 Å². The first-order valence-electron chi connectivity index (χ1n) is 6.54. The van der Waals surface area contributed by atoms with Crippen molar-refractivity contribution in [2.45, 2.75) is 31.7 Å². The van der Waals surface area contributed by atoms with Crippen molar-refractivity contribution in [2.75, 3.05) is 6.61 Å². The lowest BCUT2D eigenvalue weighted by Crippen LogP contribution is -2.33. The van der Waals surface area contributed by atoms with E-state index in [0.29, 0.717) is 12.0 Å². The molecule has 9 nitrogen and oxygen atoms in total. The van der Waals surface area contributed by atoms with Crippen LogP contribution in [0, 0.1) is 6.92 Å². The first-order chi connectivity index (χ1) is 10.1. The number of ether oxygens (including phenoxy) is 1. The first-order valence-corrected chi connectivity index (χ1v) is 6.54. The fraction of sp³-hybridized carbons (Fsp3) is 0.500. The zero-order valence-electron chi connectivity index (χ0n) is 11.3. The molecule has 0 bridgehead atoms. The van der Waals surface area contributed by atoms with Gasteiger partial charge in [0.05, 0.1) is 18.8 Å². The van der Waals surface area contributed by atoms with Gasteiger partial charge in [-0.25, -0.2) is 9.48 Å². The molecule has 0 aromatic carbocycles. The molecule has 1 saturated heterocycles. The Balaban J connectivity index is 1.93. The van der Waals surface area contributed by atoms with Crippen molar-refractivity contribution in [1.29, 1.82) is 0 Å². The van der Waals surface area contributed by atoms with Gasteiger partial charge in [0, 0.05) is 24.4 Å². The molecule has 0 saturated carbocycles. The molecule has 3 atom stereocenters. The topological polar surface area (TPSA) is 115 Å². The van der Waals surface area contributed by atoms with Crippen LogP contribution in [0.5, 0.6) is 0 Å². The number of aromatic amines is 1. The molecule has 2 N–H and O–H groups in total. The van der Waals surface area contributed by atoms with Gasteiger partial charge >= 0.3 is 5.69 Å². The maximum Gasteiger partial charge on any atom is 0.330 e. The maximum absolute atomic E-state index is 11.9. The highest BCUT2D eigenvalue weighted by atomic mass is 16.5. The van der Waals surface area contributed by atoms with Gasteiger partial charge in [-0.15, -0.1) is 5.10 Å². The summed E-state index contributed by atoms with van der Waals surface area (Å²) in [7, 11) is 0. The monoisotopic (exact) mass is 293 g/mol. The summed E-state index contributed by atoms with van der Waals surface area (Å²) in [5, 5.41) is 17.1. The third-order valence-corrected chi connectivity index (χ3v) is 3.62. The van der Waals surface area contributed by atoms with Crippen LogP contribution in [-0.4, -0.2) is 42.4 Å². The third kappa shape index (κ3) is 2.41. The van der Waals surface area contributed by atoms with Gasteiger partial charge in [0.25, 0.3) is 5.56 Å². The average Bonchev–Trinajstić information content (AvgIpc) is 3.10. The normalized spacial score (nSPS) is 25.3. The number of hydrogen-bond donors (Lipinski definition) is 2. The van der Waals surface area contributed by atoms with Crippen LogP contribution in [0.3, 0.4) is 0 Å². The van der Waals surface area contributed by atoms with E-state index in [1.54, 1.807) is 17.8 Å². The van der Waals surface area contributed by atoms with Crippen molar-refractivity contribution in [3.63, 3.8) is 0 Å². The van der Waals surface area contributed by atoms with E-state index in [1.165, 1.54) is 17.0 Å². The number of nitrogens with zero attached hydrogens (tertiary/aromatic N) is 4. The van der Waals surface area contributed by atoms with Crippen molar-refractivity contribution in [3.8, 4) is 0 Å². The van der Waals surface area contributed by atoms with Gasteiger partial charge in [-0.1, -0.05) is 5.21 Å². The highest BCUT2D eigenvalue weighted by Crippen LogP contribution is 2.35. The van der Waals surface area contributed by atoms with Gasteiger partial charge < -0.3 is 9.84 Å². The van der Waals surface area contributed by atoms with Gasteiger partial charge in [0.15, 0.2) is 0 Å². The molecule has 0 radical (unpaired) electrons. The van der Waals surface area contributed by atoms with Crippen LogP contribution in [0.2, 0.25) is 0 Å². The number of aryl methyl sites for hydroxylation is 1. The van der Waals surface area contributed by atoms with Crippen LogP contribution in [0.25, 0.3) is 0 Å². The first kappa shape index (κ1) is 13.7. The molecule has 1 aliphatic heterocycles. The van der Waals surface area contributed by atoms with E-state index in [-0.39, 0.29) is 12.6 Å². The zero-order chi connectivity index (χ0) is 15.0. The summed E-state index contributed by atoms with van der Waals surface area (Å²) < 4.78 is 8.64. The second-order valence-electron chi connectivity index (χ2n) is 4.98. The Bertz CT molecular complexity index is 735. The standard InChI is InChI=1S/C12H15N5O4/c1-7-5-16(12(20)14-11(7)19)10-4-8(9(6-18)21-10)17-3-2-13-15-17/h2-3,5,8-10,18H,4,6H2,1H3,(H,14,19,20)/t8-,9-,10-/m1/s1. The predicted molar refractivity (Wildman–Crippen MR) is 70.7 cm³/mol. The molecule has 0 amide bonds. The molecule has 9 heteroatoms. The molecule has 2 aromatic heterocycles. The van der Waals surface area contributed by atoms with Crippen molar-refractivity contribution < 1.29 is 9.84 Å². The Hall–Kier alpha value is -2.26. The molecule has 21 heavy (non-hydrogen) atoms. The van der Waals surface area contributed by atoms with Crippen LogP contribution >= 0.6 is 0 Å². The van der Waals surface area contributed by atoms with E-state index < -0.39 is 23.6 Å². The van der Waals surface area contributed by atoms with Crippen LogP contribution in [0.4, 0.5) is 0 Å².